The molecular weight excluding hydrogens is 307 g/mol. The highest BCUT2D eigenvalue weighted by atomic mass is 35.5. The molecule has 1 aliphatic rings. The van der Waals surface area contributed by atoms with Crippen LogP contribution in [0.15, 0.2) is 12.1 Å². The Bertz CT molecular complexity index is 605. The summed E-state index contributed by atoms with van der Waals surface area (Å²) in [6, 6.07) is 3.65. The van der Waals surface area contributed by atoms with Crippen molar-refractivity contribution in [3.8, 4) is 0 Å². The molecular formula is C13H13Cl3N2O. The quantitative estimate of drug-likeness (QED) is 0.796. The van der Waals surface area contributed by atoms with E-state index in [0.717, 1.165) is 43.0 Å². The molecule has 0 N–H and O–H groups in total. The van der Waals surface area contributed by atoms with Crippen LogP contribution in [0.25, 0.3) is 11.0 Å². The highest BCUT2D eigenvalue weighted by Gasteiger charge is 2.20. The van der Waals surface area contributed by atoms with Crippen molar-refractivity contribution in [2.45, 2.75) is 18.8 Å². The van der Waals surface area contributed by atoms with E-state index in [1.807, 2.05) is 6.07 Å². The lowest BCUT2D eigenvalue weighted by Gasteiger charge is -2.12. The molecule has 3 rings (SSSR count). The van der Waals surface area contributed by atoms with Crippen LogP contribution < -0.4 is 0 Å². The summed E-state index contributed by atoms with van der Waals surface area (Å²) in [5.74, 6) is 1.73. The van der Waals surface area contributed by atoms with Crippen LogP contribution in [0, 0.1) is 5.92 Å². The average Bonchev–Trinajstić information content (AvgIpc) is 3.00. The molecule has 6 heteroatoms. The van der Waals surface area contributed by atoms with Gasteiger partial charge in [0, 0.05) is 19.1 Å². The number of alkyl halides is 1. The summed E-state index contributed by atoms with van der Waals surface area (Å²) < 4.78 is 7.55. The minimum atomic E-state index is 0.373. The number of rotatable bonds is 3. The Morgan fingerprint density at radius 1 is 1.32 bits per heavy atom. The number of halogens is 3. The number of nitrogens with zero attached hydrogens (tertiary/aromatic N) is 2. The molecule has 3 nitrogen and oxygen atoms in total. The Kier molecular flexibility index (Phi) is 3.90. The molecule has 102 valence electrons. The molecule has 0 aliphatic carbocycles. The third kappa shape index (κ3) is 2.57. The summed E-state index contributed by atoms with van der Waals surface area (Å²) in [4.78, 5) is 4.52. The molecule has 0 radical (unpaired) electrons. The maximum Gasteiger partial charge on any atom is 0.124 e. The molecule has 2 aromatic rings. The van der Waals surface area contributed by atoms with Crippen molar-refractivity contribution >= 4 is 45.8 Å². The van der Waals surface area contributed by atoms with E-state index in [1.54, 1.807) is 6.07 Å². The van der Waals surface area contributed by atoms with Crippen LogP contribution in [0.1, 0.15) is 12.2 Å². The molecule has 19 heavy (non-hydrogen) atoms. The van der Waals surface area contributed by atoms with Crippen molar-refractivity contribution in [3.63, 3.8) is 0 Å². The second-order valence-corrected chi connectivity index (χ2v) is 5.84. The van der Waals surface area contributed by atoms with Gasteiger partial charge in [-0.25, -0.2) is 4.98 Å². The number of hydrogen-bond acceptors (Lipinski definition) is 2. The lowest BCUT2D eigenvalue weighted by Crippen LogP contribution is -2.12. The zero-order valence-electron chi connectivity index (χ0n) is 10.2. The van der Waals surface area contributed by atoms with Crippen molar-refractivity contribution in [1.29, 1.82) is 0 Å². The molecule has 0 spiro atoms. The van der Waals surface area contributed by atoms with E-state index in [-0.39, 0.29) is 0 Å². The summed E-state index contributed by atoms with van der Waals surface area (Å²) in [5, 5.41) is 1.06. The van der Waals surface area contributed by atoms with E-state index in [4.69, 9.17) is 39.5 Å². The van der Waals surface area contributed by atoms with E-state index in [9.17, 15) is 0 Å². The fourth-order valence-electron chi connectivity index (χ4n) is 2.46. The third-order valence-electron chi connectivity index (χ3n) is 3.45. The van der Waals surface area contributed by atoms with Crippen molar-refractivity contribution in [3.05, 3.63) is 28.0 Å². The normalized spacial score (nSPS) is 19.4. The fourth-order valence-corrected chi connectivity index (χ4v) is 2.98. The van der Waals surface area contributed by atoms with Crippen LogP contribution in [-0.2, 0) is 17.2 Å². The average molecular weight is 320 g/mol. The lowest BCUT2D eigenvalue weighted by molar-refractivity contribution is 0.182. The van der Waals surface area contributed by atoms with Gasteiger partial charge in [-0.3, -0.25) is 0 Å². The summed E-state index contributed by atoms with van der Waals surface area (Å²) in [5.41, 5.74) is 1.82. The highest BCUT2D eigenvalue weighted by molar-refractivity contribution is 6.42. The van der Waals surface area contributed by atoms with Gasteiger partial charge in [0.2, 0.25) is 0 Å². The first-order chi connectivity index (χ1) is 9.19. The Morgan fingerprint density at radius 2 is 2.11 bits per heavy atom. The van der Waals surface area contributed by atoms with Gasteiger partial charge in [0.25, 0.3) is 0 Å². The predicted molar refractivity (Wildman–Crippen MR) is 78.2 cm³/mol. The zero-order chi connectivity index (χ0) is 13.4. The number of benzene rings is 1. The summed E-state index contributed by atoms with van der Waals surface area (Å²) in [6.07, 6.45) is 1.07. The molecule has 1 aromatic carbocycles. The smallest absolute Gasteiger partial charge is 0.124 e. The molecule has 1 saturated heterocycles. The van der Waals surface area contributed by atoms with Crippen LogP contribution in [0.2, 0.25) is 10.0 Å². The number of aromatic nitrogens is 2. The number of hydrogen-bond donors (Lipinski definition) is 0. The van der Waals surface area contributed by atoms with E-state index >= 15 is 0 Å². The molecule has 0 saturated carbocycles. The molecule has 1 fully saturated rings. The molecule has 0 amide bonds. The van der Waals surface area contributed by atoms with Crippen LogP contribution >= 0.6 is 34.8 Å². The number of imidazole rings is 1. The zero-order valence-corrected chi connectivity index (χ0v) is 12.5. The summed E-state index contributed by atoms with van der Waals surface area (Å²) in [6.45, 7) is 2.49. The van der Waals surface area contributed by atoms with Crippen molar-refractivity contribution in [2.24, 2.45) is 5.92 Å². The van der Waals surface area contributed by atoms with Crippen LogP contribution in [0.5, 0.6) is 0 Å². The first-order valence-electron chi connectivity index (χ1n) is 6.17. The number of ether oxygens (including phenoxy) is 1. The molecule has 1 aliphatic heterocycles. The van der Waals surface area contributed by atoms with E-state index < -0.39 is 0 Å². The molecule has 0 bridgehead atoms. The van der Waals surface area contributed by atoms with E-state index in [0.29, 0.717) is 21.8 Å². The Labute approximate surface area is 126 Å². The Morgan fingerprint density at radius 3 is 2.79 bits per heavy atom. The minimum absolute atomic E-state index is 0.373. The second kappa shape index (κ2) is 5.49. The van der Waals surface area contributed by atoms with Crippen molar-refractivity contribution in [2.75, 3.05) is 13.2 Å². The molecule has 2 heterocycles. The van der Waals surface area contributed by atoms with Crippen molar-refractivity contribution in [1.82, 2.24) is 9.55 Å². The van der Waals surface area contributed by atoms with Crippen LogP contribution in [-0.4, -0.2) is 22.8 Å². The van der Waals surface area contributed by atoms with Gasteiger partial charge in [-0.15, -0.1) is 11.6 Å². The summed E-state index contributed by atoms with van der Waals surface area (Å²) >= 11 is 18.1. The first-order valence-corrected chi connectivity index (χ1v) is 7.46. The van der Waals surface area contributed by atoms with Gasteiger partial charge in [0.1, 0.15) is 5.82 Å². The predicted octanol–water partition coefficient (Wildman–Crippen LogP) is 4.12. The first kappa shape index (κ1) is 13.5. The highest BCUT2D eigenvalue weighted by Crippen LogP contribution is 2.30. The lowest BCUT2D eigenvalue weighted by atomic mass is 10.1. The van der Waals surface area contributed by atoms with Gasteiger partial charge < -0.3 is 9.30 Å². The van der Waals surface area contributed by atoms with Gasteiger partial charge in [-0.1, -0.05) is 23.2 Å². The van der Waals surface area contributed by atoms with E-state index in [2.05, 4.69) is 9.55 Å². The van der Waals surface area contributed by atoms with Gasteiger partial charge in [-0.2, -0.15) is 0 Å². The monoisotopic (exact) mass is 318 g/mol. The van der Waals surface area contributed by atoms with Gasteiger partial charge in [0.05, 0.1) is 33.6 Å². The maximum atomic E-state index is 6.10. The SMILES string of the molecule is ClCc1nc2cc(Cl)c(Cl)cc2n1CC1CCOC1. The largest absolute Gasteiger partial charge is 0.381 e. The van der Waals surface area contributed by atoms with Crippen LogP contribution in [0.3, 0.4) is 0 Å². The molecule has 1 unspecified atom stereocenters. The second-order valence-electron chi connectivity index (χ2n) is 4.76. The fraction of sp³-hybridized carbons (Fsp3) is 0.462. The van der Waals surface area contributed by atoms with Crippen molar-refractivity contribution < 1.29 is 4.74 Å². The molecule has 1 aromatic heterocycles. The van der Waals surface area contributed by atoms with Gasteiger partial charge in [0.15, 0.2) is 0 Å². The Hall–Kier alpha value is -0.480. The summed E-state index contributed by atoms with van der Waals surface area (Å²) in [7, 11) is 0. The topological polar surface area (TPSA) is 27.1 Å². The Balaban J connectivity index is 2.06. The third-order valence-corrected chi connectivity index (χ3v) is 4.41. The van der Waals surface area contributed by atoms with Gasteiger partial charge >= 0.3 is 0 Å². The van der Waals surface area contributed by atoms with E-state index in [1.165, 1.54) is 0 Å². The maximum absolute atomic E-state index is 6.10. The molecule has 1 atom stereocenters. The standard InChI is InChI=1S/C13H13Cl3N2O/c14-5-13-17-11-3-9(15)10(16)4-12(11)18(13)6-8-1-2-19-7-8/h3-4,8H,1-2,5-7H2. The number of fused-ring (bicyclic) bond motifs is 1. The van der Waals surface area contributed by atoms with Crippen LogP contribution in [0.4, 0.5) is 0 Å². The van der Waals surface area contributed by atoms with Gasteiger partial charge in [-0.05, 0) is 18.6 Å². The minimum Gasteiger partial charge on any atom is -0.381 e.